The van der Waals surface area contributed by atoms with Crippen molar-refractivity contribution in [1.82, 2.24) is 4.57 Å². The number of benzene rings is 2. The molecular formula is C25H30ClN3O4. The van der Waals surface area contributed by atoms with Gasteiger partial charge in [0.2, 0.25) is 0 Å². The molecule has 0 spiro atoms. The highest BCUT2D eigenvalue weighted by Gasteiger charge is 2.16. The van der Waals surface area contributed by atoms with Crippen LogP contribution in [0, 0.1) is 10.1 Å². The fourth-order valence-electron chi connectivity index (χ4n) is 4.10. The largest absolute Gasteiger partial charge is 0.340 e. The lowest BCUT2D eigenvalue weighted by Gasteiger charge is -2.09. The number of aryl methyl sites for hydroxylation is 1. The molecule has 0 amide bonds. The zero-order valence-corrected chi connectivity index (χ0v) is 19.9. The molecule has 0 aliphatic carbocycles. The average Bonchev–Trinajstić information content (AvgIpc) is 3.11. The molecule has 0 saturated carbocycles. The molecule has 0 atom stereocenters. The quantitative estimate of drug-likeness (QED) is 0.0713. The van der Waals surface area contributed by atoms with Crippen molar-refractivity contribution in [3.05, 3.63) is 52.1 Å². The maximum absolute atomic E-state index is 11.4. The first-order chi connectivity index (χ1) is 16.0. The summed E-state index contributed by atoms with van der Waals surface area (Å²) in [6.07, 6.45) is 7.03. The van der Waals surface area contributed by atoms with Gasteiger partial charge >= 0.3 is 5.97 Å². The minimum absolute atomic E-state index is 0.0500. The predicted octanol–water partition coefficient (Wildman–Crippen LogP) is 6.96. The number of hydrogen-bond acceptors (Lipinski definition) is 5. The molecule has 0 bridgehead atoms. The smallest absolute Gasteiger partial charge is 0.331 e. The van der Waals surface area contributed by atoms with E-state index < -0.39 is 5.97 Å². The second-order valence-corrected chi connectivity index (χ2v) is 8.55. The average molecular weight is 472 g/mol. The van der Waals surface area contributed by atoms with Crippen molar-refractivity contribution in [1.29, 1.82) is 0 Å². The Balaban J connectivity index is 2.06. The Morgan fingerprint density at radius 3 is 2.42 bits per heavy atom. The molecule has 0 unspecified atom stereocenters. The monoisotopic (exact) mass is 471 g/mol. The molecule has 3 aromatic rings. The summed E-state index contributed by atoms with van der Waals surface area (Å²) in [5, 5.41) is 17.2. The van der Waals surface area contributed by atoms with Crippen molar-refractivity contribution >= 4 is 50.8 Å². The summed E-state index contributed by atoms with van der Waals surface area (Å²) >= 11 is 5.94. The lowest BCUT2D eigenvalue weighted by molar-refractivity contribution is -0.384. The van der Waals surface area contributed by atoms with Crippen molar-refractivity contribution in [3.63, 3.8) is 0 Å². The summed E-state index contributed by atoms with van der Waals surface area (Å²) in [6, 6.07) is 10.9. The highest BCUT2D eigenvalue weighted by atomic mass is 35.5. The van der Waals surface area contributed by atoms with Crippen molar-refractivity contribution in [2.45, 2.75) is 65.3 Å². The van der Waals surface area contributed by atoms with Crippen LogP contribution in [0.5, 0.6) is 0 Å². The molecule has 3 rings (SSSR count). The van der Waals surface area contributed by atoms with Gasteiger partial charge in [0.05, 0.1) is 10.6 Å². The van der Waals surface area contributed by atoms with Gasteiger partial charge in [0.1, 0.15) is 0 Å². The molecule has 0 N–H and O–H groups in total. The van der Waals surface area contributed by atoms with E-state index in [2.05, 4.69) is 16.6 Å². The van der Waals surface area contributed by atoms with Gasteiger partial charge in [-0.25, -0.2) is 4.79 Å². The second-order valence-electron chi connectivity index (χ2n) is 8.17. The summed E-state index contributed by atoms with van der Waals surface area (Å²) in [5.74, 6) is 0.0663. The van der Waals surface area contributed by atoms with E-state index >= 15 is 0 Å². The number of nitro groups is 1. The number of halogens is 1. The molecule has 0 fully saturated rings. The zero-order valence-electron chi connectivity index (χ0n) is 19.2. The molecule has 7 nitrogen and oxygen atoms in total. The van der Waals surface area contributed by atoms with Gasteiger partial charge in [-0.2, -0.15) is 0 Å². The third-order valence-electron chi connectivity index (χ3n) is 5.71. The summed E-state index contributed by atoms with van der Waals surface area (Å²) in [5.41, 5.74) is 3.51. The van der Waals surface area contributed by atoms with Crippen LogP contribution < -0.4 is 0 Å². The first-order valence-corrected chi connectivity index (χ1v) is 12.0. The predicted molar refractivity (Wildman–Crippen MR) is 133 cm³/mol. The van der Waals surface area contributed by atoms with E-state index in [0.717, 1.165) is 53.1 Å². The standard InChI is InChI=1S/C25H30ClN3O4/c1-3-4-5-6-7-9-23(27-33-18(2)30)19-10-12-24-21(16-19)22-17-20(29(31)32)11-13-25(22)28(24)15-8-14-26/h10-13,16-17H,3-9,14-15H2,1-2H3. The van der Waals surface area contributed by atoms with E-state index in [-0.39, 0.29) is 10.6 Å². The van der Waals surface area contributed by atoms with Crippen LogP contribution in [0.3, 0.4) is 0 Å². The highest BCUT2D eigenvalue weighted by molar-refractivity contribution is 6.17. The number of nitro benzene ring substituents is 1. The number of alkyl halides is 1. The van der Waals surface area contributed by atoms with Gasteiger partial charge in [-0.1, -0.05) is 43.8 Å². The summed E-state index contributed by atoms with van der Waals surface area (Å²) < 4.78 is 2.15. The van der Waals surface area contributed by atoms with E-state index in [4.69, 9.17) is 16.4 Å². The number of oxime groups is 1. The molecule has 0 aliphatic heterocycles. The normalized spacial score (nSPS) is 11.9. The van der Waals surface area contributed by atoms with Crippen LogP contribution in [0.1, 0.15) is 64.4 Å². The Bertz CT molecular complexity index is 1170. The van der Waals surface area contributed by atoms with Gasteiger partial charge in [-0.15, -0.1) is 11.6 Å². The SMILES string of the molecule is CCCCCCCC(=NOC(C)=O)c1ccc2c(c1)c1cc([N+](=O)[O-])ccc1n2CCCCl. The van der Waals surface area contributed by atoms with Crippen molar-refractivity contribution in [2.75, 3.05) is 5.88 Å². The molecule has 1 aromatic heterocycles. The number of hydrogen-bond donors (Lipinski definition) is 0. The van der Waals surface area contributed by atoms with Gasteiger partial charge in [0.15, 0.2) is 0 Å². The van der Waals surface area contributed by atoms with E-state index in [0.29, 0.717) is 24.6 Å². The molecule has 1 heterocycles. The minimum atomic E-state index is -0.465. The van der Waals surface area contributed by atoms with E-state index in [9.17, 15) is 14.9 Å². The van der Waals surface area contributed by atoms with Gasteiger partial charge in [0, 0.05) is 58.9 Å². The Morgan fingerprint density at radius 1 is 1.06 bits per heavy atom. The van der Waals surface area contributed by atoms with Crippen LogP contribution in [0.2, 0.25) is 0 Å². The first-order valence-electron chi connectivity index (χ1n) is 11.5. The molecule has 33 heavy (non-hydrogen) atoms. The third kappa shape index (κ3) is 6.11. The van der Waals surface area contributed by atoms with E-state index in [1.54, 1.807) is 12.1 Å². The van der Waals surface area contributed by atoms with E-state index in [1.165, 1.54) is 25.8 Å². The number of fused-ring (bicyclic) bond motifs is 3. The highest BCUT2D eigenvalue weighted by Crippen LogP contribution is 2.33. The number of aromatic nitrogens is 1. The van der Waals surface area contributed by atoms with Crippen LogP contribution in [0.25, 0.3) is 21.8 Å². The number of nitrogens with zero attached hydrogens (tertiary/aromatic N) is 3. The van der Waals surface area contributed by atoms with Gasteiger partial charge < -0.3 is 9.40 Å². The van der Waals surface area contributed by atoms with Gasteiger partial charge in [0.25, 0.3) is 5.69 Å². The molecule has 176 valence electrons. The zero-order chi connectivity index (χ0) is 23.8. The van der Waals surface area contributed by atoms with Crippen LogP contribution in [0.4, 0.5) is 5.69 Å². The fraction of sp³-hybridized carbons (Fsp3) is 0.440. The molecular weight excluding hydrogens is 442 g/mol. The summed E-state index contributed by atoms with van der Waals surface area (Å²) in [4.78, 5) is 27.4. The second kappa shape index (κ2) is 11.8. The number of non-ortho nitro benzene ring substituents is 1. The Hall–Kier alpha value is -2.93. The number of carbonyl (C=O) groups excluding carboxylic acids is 1. The number of rotatable bonds is 12. The van der Waals surface area contributed by atoms with Crippen molar-refractivity contribution in [3.8, 4) is 0 Å². The van der Waals surface area contributed by atoms with Gasteiger partial charge in [-0.05, 0) is 37.5 Å². The van der Waals surface area contributed by atoms with Gasteiger partial charge in [-0.3, -0.25) is 10.1 Å². The Morgan fingerprint density at radius 2 is 1.76 bits per heavy atom. The maximum atomic E-state index is 11.4. The molecule has 8 heteroatoms. The lowest BCUT2D eigenvalue weighted by atomic mass is 10.0. The maximum Gasteiger partial charge on any atom is 0.331 e. The molecule has 0 aliphatic rings. The number of carbonyl (C=O) groups is 1. The van der Waals surface area contributed by atoms with Crippen LogP contribution in [-0.4, -0.2) is 27.1 Å². The third-order valence-corrected chi connectivity index (χ3v) is 5.98. The molecule has 0 saturated heterocycles. The molecule has 0 radical (unpaired) electrons. The Kier molecular flexibility index (Phi) is 8.83. The van der Waals surface area contributed by atoms with E-state index in [1.807, 2.05) is 18.2 Å². The molecule has 2 aromatic carbocycles. The summed E-state index contributed by atoms with van der Waals surface area (Å²) in [7, 11) is 0. The Labute approximate surface area is 198 Å². The summed E-state index contributed by atoms with van der Waals surface area (Å²) in [6.45, 7) is 4.22. The lowest BCUT2D eigenvalue weighted by Crippen LogP contribution is -2.05. The number of unbranched alkanes of at least 4 members (excludes halogenated alkanes) is 4. The topological polar surface area (TPSA) is 86.7 Å². The van der Waals surface area contributed by atoms with Crippen molar-refractivity contribution in [2.24, 2.45) is 5.16 Å². The minimum Gasteiger partial charge on any atom is -0.340 e. The first kappa shape index (κ1) is 24.7. The van der Waals surface area contributed by atoms with Crippen LogP contribution >= 0.6 is 11.6 Å². The van der Waals surface area contributed by atoms with Crippen molar-refractivity contribution < 1.29 is 14.6 Å². The van der Waals surface area contributed by atoms with Crippen LogP contribution in [-0.2, 0) is 16.2 Å². The fourth-order valence-corrected chi connectivity index (χ4v) is 4.22. The van der Waals surface area contributed by atoms with Crippen LogP contribution in [0.15, 0.2) is 41.6 Å².